The standard InChI is InChI=1S/C10H15N3O2S/c1-3-8(7-16-2)12-10-6-9(13(14)15)4-5-11-10/h4-6,8H,3,7H2,1-2H3,(H,11,12). The van der Waals surface area contributed by atoms with Crippen LogP contribution in [0.1, 0.15) is 13.3 Å². The number of pyridine rings is 1. The molecule has 0 bridgehead atoms. The van der Waals surface area contributed by atoms with E-state index in [-0.39, 0.29) is 5.69 Å². The zero-order valence-electron chi connectivity index (χ0n) is 9.34. The molecule has 0 radical (unpaired) electrons. The molecule has 5 nitrogen and oxygen atoms in total. The maximum atomic E-state index is 10.6. The molecule has 1 aromatic heterocycles. The van der Waals surface area contributed by atoms with E-state index in [0.717, 1.165) is 12.2 Å². The van der Waals surface area contributed by atoms with Crippen LogP contribution in [0, 0.1) is 10.1 Å². The summed E-state index contributed by atoms with van der Waals surface area (Å²) in [6, 6.07) is 3.15. The number of hydrogen-bond acceptors (Lipinski definition) is 5. The summed E-state index contributed by atoms with van der Waals surface area (Å²) in [6.07, 6.45) is 4.45. The smallest absolute Gasteiger partial charge is 0.274 e. The van der Waals surface area contributed by atoms with Gasteiger partial charge in [-0.1, -0.05) is 6.92 Å². The van der Waals surface area contributed by atoms with Crippen molar-refractivity contribution in [3.63, 3.8) is 0 Å². The molecule has 1 aromatic rings. The van der Waals surface area contributed by atoms with Crippen molar-refractivity contribution < 1.29 is 4.92 Å². The first-order chi connectivity index (χ1) is 7.67. The van der Waals surface area contributed by atoms with E-state index >= 15 is 0 Å². The number of aromatic nitrogens is 1. The first-order valence-corrected chi connectivity index (χ1v) is 6.42. The lowest BCUT2D eigenvalue weighted by Crippen LogP contribution is -2.21. The molecular weight excluding hydrogens is 226 g/mol. The first-order valence-electron chi connectivity index (χ1n) is 5.03. The highest BCUT2D eigenvalue weighted by Crippen LogP contribution is 2.16. The van der Waals surface area contributed by atoms with Crippen molar-refractivity contribution in [2.24, 2.45) is 0 Å². The highest BCUT2D eigenvalue weighted by molar-refractivity contribution is 7.98. The van der Waals surface area contributed by atoms with Gasteiger partial charge in [-0.15, -0.1) is 0 Å². The maximum Gasteiger partial charge on any atom is 0.274 e. The van der Waals surface area contributed by atoms with E-state index < -0.39 is 4.92 Å². The highest BCUT2D eigenvalue weighted by atomic mass is 32.2. The lowest BCUT2D eigenvalue weighted by Gasteiger charge is -2.15. The van der Waals surface area contributed by atoms with Crippen molar-refractivity contribution in [1.82, 2.24) is 4.98 Å². The molecule has 88 valence electrons. The normalized spacial score (nSPS) is 12.1. The van der Waals surface area contributed by atoms with E-state index in [1.165, 1.54) is 18.3 Å². The zero-order valence-corrected chi connectivity index (χ0v) is 10.2. The van der Waals surface area contributed by atoms with Crippen LogP contribution in [0.15, 0.2) is 18.3 Å². The molecule has 0 saturated carbocycles. The summed E-state index contributed by atoms with van der Waals surface area (Å²) in [5.74, 6) is 1.52. The van der Waals surface area contributed by atoms with Crippen LogP contribution in [0.2, 0.25) is 0 Å². The van der Waals surface area contributed by atoms with Gasteiger partial charge in [0.05, 0.1) is 11.0 Å². The SMILES string of the molecule is CCC(CSC)Nc1cc([N+](=O)[O-])ccn1. The monoisotopic (exact) mass is 241 g/mol. The van der Waals surface area contributed by atoms with Crippen molar-refractivity contribution in [3.05, 3.63) is 28.4 Å². The lowest BCUT2D eigenvalue weighted by molar-refractivity contribution is -0.384. The average Bonchev–Trinajstić information content (AvgIpc) is 2.29. The molecule has 0 aliphatic carbocycles. The van der Waals surface area contributed by atoms with Gasteiger partial charge in [-0.05, 0) is 12.7 Å². The summed E-state index contributed by atoms with van der Waals surface area (Å²) in [7, 11) is 0. The van der Waals surface area contributed by atoms with Gasteiger partial charge in [0, 0.05) is 24.1 Å². The van der Waals surface area contributed by atoms with Crippen LogP contribution < -0.4 is 5.32 Å². The maximum absolute atomic E-state index is 10.6. The number of nitro groups is 1. The molecule has 1 heterocycles. The van der Waals surface area contributed by atoms with Crippen LogP contribution in [0.5, 0.6) is 0 Å². The predicted molar refractivity (Wildman–Crippen MR) is 67.0 cm³/mol. The summed E-state index contributed by atoms with van der Waals surface area (Å²) in [4.78, 5) is 14.2. The van der Waals surface area contributed by atoms with Crippen molar-refractivity contribution in [2.45, 2.75) is 19.4 Å². The summed E-state index contributed by atoms with van der Waals surface area (Å²) in [5.41, 5.74) is 0.0662. The Kier molecular flexibility index (Phi) is 5.04. The highest BCUT2D eigenvalue weighted by Gasteiger charge is 2.10. The fourth-order valence-electron chi connectivity index (χ4n) is 1.28. The number of rotatable bonds is 6. The quantitative estimate of drug-likeness (QED) is 0.612. The zero-order chi connectivity index (χ0) is 12.0. The molecule has 1 unspecified atom stereocenters. The molecule has 1 atom stereocenters. The molecule has 0 aliphatic heterocycles. The molecule has 0 saturated heterocycles. The fourth-order valence-corrected chi connectivity index (χ4v) is 2.01. The van der Waals surface area contributed by atoms with E-state index in [2.05, 4.69) is 17.2 Å². The van der Waals surface area contributed by atoms with Crippen LogP contribution >= 0.6 is 11.8 Å². The summed E-state index contributed by atoms with van der Waals surface area (Å²) >= 11 is 1.74. The molecule has 6 heteroatoms. The van der Waals surface area contributed by atoms with Crippen molar-refractivity contribution >= 4 is 23.3 Å². The van der Waals surface area contributed by atoms with Gasteiger partial charge >= 0.3 is 0 Å². The Hall–Kier alpha value is -1.30. The number of nitrogens with one attached hydrogen (secondary N) is 1. The third kappa shape index (κ3) is 3.69. The Balaban J connectivity index is 2.72. The Bertz CT molecular complexity index is 360. The number of thioether (sulfide) groups is 1. The Labute approximate surface area is 98.8 Å². The van der Waals surface area contributed by atoms with Gasteiger partial charge in [0.2, 0.25) is 0 Å². The second-order valence-corrected chi connectivity index (χ2v) is 4.27. The van der Waals surface area contributed by atoms with Gasteiger partial charge in [-0.25, -0.2) is 4.98 Å². The minimum Gasteiger partial charge on any atom is -0.366 e. The van der Waals surface area contributed by atoms with E-state index in [9.17, 15) is 10.1 Å². The minimum atomic E-state index is -0.414. The number of nitrogens with zero attached hydrogens (tertiary/aromatic N) is 2. The molecule has 16 heavy (non-hydrogen) atoms. The Morgan fingerprint density at radius 3 is 3.00 bits per heavy atom. The van der Waals surface area contributed by atoms with E-state index in [0.29, 0.717) is 11.9 Å². The Morgan fingerprint density at radius 1 is 1.69 bits per heavy atom. The number of anilines is 1. The molecule has 0 aromatic carbocycles. The van der Waals surface area contributed by atoms with Crippen molar-refractivity contribution in [1.29, 1.82) is 0 Å². The van der Waals surface area contributed by atoms with E-state index in [4.69, 9.17) is 0 Å². The fraction of sp³-hybridized carbons (Fsp3) is 0.500. The molecule has 0 fully saturated rings. The average molecular weight is 241 g/mol. The van der Waals surface area contributed by atoms with E-state index in [1.54, 1.807) is 11.8 Å². The molecular formula is C10H15N3O2S. The Morgan fingerprint density at radius 2 is 2.44 bits per heavy atom. The summed E-state index contributed by atoms with van der Waals surface area (Å²) in [6.45, 7) is 2.07. The molecule has 1 rings (SSSR count). The van der Waals surface area contributed by atoms with Crippen molar-refractivity contribution in [2.75, 3.05) is 17.3 Å². The topological polar surface area (TPSA) is 68.1 Å². The third-order valence-electron chi connectivity index (χ3n) is 2.17. The molecule has 0 spiro atoms. The number of hydrogen-bond donors (Lipinski definition) is 1. The van der Waals surface area contributed by atoms with Crippen LogP contribution in [0.4, 0.5) is 11.5 Å². The van der Waals surface area contributed by atoms with Gasteiger partial charge < -0.3 is 5.32 Å². The van der Waals surface area contributed by atoms with Crippen LogP contribution in [0.3, 0.4) is 0 Å². The first kappa shape index (κ1) is 12.8. The summed E-state index contributed by atoms with van der Waals surface area (Å²) in [5, 5.41) is 13.8. The molecule has 1 N–H and O–H groups in total. The molecule has 0 aliphatic rings. The minimum absolute atomic E-state index is 0.0662. The third-order valence-corrected chi connectivity index (χ3v) is 2.90. The van der Waals surface area contributed by atoms with E-state index in [1.807, 2.05) is 6.26 Å². The van der Waals surface area contributed by atoms with Gasteiger partial charge in [-0.3, -0.25) is 10.1 Å². The largest absolute Gasteiger partial charge is 0.366 e. The second-order valence-electron chi connectivity index (χ2n) is 3.36. The lowest BCUT2D eigenvalue weighted by atomic mass is 10.2. The van der Waals surface area contributed by atoms with Gasteiger partial charge in [-0.2, -0.15) is 11.8 Å². The second kappa shape index (κ2) is 6.32. The van der Waals surface area contributed by atoms with Crippen LogP contribution in [0.25, 0.3) is 0 Å². The van der Waals surface area contributed by atoms with Gasteiger partial charge in [0.15, 0.2) is 0 Å². The molecule has 0 amide bonds. The van der Waals surface area contributed by atoms with Gasteiger partial charge in [0.25, 0.3) is 5.69 Å². The predicted octanol–water partition coefficient (Wildman–Crippen LogP) is 2.54. The van der Waals surface area contributed by atoms with Crippen LogP contribution in [-0.2, 0) is 0 Å². The van der Waals surface area contributed by atoms with Gasteiger partial charge in [0.1, 0.15) is 5.82 Å². The van der Waals surface area contributed by atoms with Crippen molar-refractivity contribution in [3.8, 4) is 0 Å². The summed E-state index contributed by atoms with van der Waals surface area (Å²) < 4.78 is 0. The van der Waals surface area contributed by atoms with Crippen LogP contribution in [-0.4, -0.2) is 28.0 Å².